The van der Waals surface area contributed by atoms with Gasteiger partial charge in [-0.25, -0.2) is 4.79 Å². The van der Waals surface area contributed by atoms with Crippen LogP contribution in [0.25, 0.3) is 0 Å². The van der Waals surface area contributed by atoms with Gasteiger partial charge in [-0.1, -0.05) is 29.7 Å². The molecule has 1 aromatic carbocycles. The van der Waals surface area contributed by atoms with Crippen LogP contribution in [0.3, 0.4) is 0 Å². The van der Waals surface area contributed by atoms with Gasteiger partial charge < -0.3 is 10.5 Å². The summed E-state index contributed by atoms with van der Waals surface area (Å²) in [5.41, 5.74) is 7.69. The zero-order chi connectivity index (χ0) is 11.4. The fraction of sp³-hybridized carbons (Fsp3) is 0.364. The number of ether oxygens (including phenoxy) is 1. The Hall–Kier alpha value is -1.29. The molecule has 1 atom stereocenters. The van der Waals surface area contributed by atoms with Gasteiger partial charge in [-0.3, -0.25) is 0 Å². The van der Waals surface area contributed by atoms with Crippen LogP contribution in [0, 0.1) is 0 Å². The Bertz CT molecular complexity index is 335. The van der Waals surface area contributed by atoms with Crippen LogP contribution in [0.15, 0.2) is 24.3 Å². The fourth-order valence-corrected chi connectivity index (χ4v) is 1.22. The number of rotatable bonds is 3. The summed E-state index contributed by atoms with van der Waals surface area (Å²) in [6.07, 6.45) is -0.131. The predicted molar refractivity (Wildman–Crippen MR) is 62.8 cm³/mol. The van der Waals surface area contributed by atoms with Gasteiger partial charge in [-0.2, -0.15) is 0 Å². The van der Waals surface area contributed by atoms with Gasteiger partial charge in [0.15, 0.2) is 0 Å². The molecule has 80 valence electrons. The maximum Gasteiger partial charge on any atom is 0.327 e. The molecule has 0 radical (unpaired) electrons. The molecular weight excluding hydrogens is 189 g/mol. The molecule has 0 aliphatic carbocycles. The van der Waals surface area contributed by atoms with Crippen molar-refractivity contribution >= 4 is 19.3 Å². The summed E-state index contributed by atoms with van der Waals surface area (Å²) in [7, 11) is 1.99. The molecule has 15 heavy (non-hydrogen) atoms. The first-order chi connectivity index (χ1) is 7.00. The highest BCUT2D eigenvalue weighted by atomic mass is 16.5. The Morgan fingerprint density at radius 3 is 2.33 bits per heavy atom. The molecule has 0 bridgehead atoms. The minimum absolute atomic E-state index is 0.131. The summed E-state index contributed by atoms with van der Waals surface area (Å²) < 4.78 is 5.03. The van der Waals surface area contributed by atoms with E-state index < -0.39 is 6.04 Å². The molecule has 1 aromatic rings. The molecule has 0 amide bonds. The van der Waals surface area contributed by atoms with Gasteiger partial charge in [0.2, 0.25) is 0 Å². The predicted octanol–water partition coefficient (Wildman–Crippen LogP) is -0.104. The smallest absolute Gasteiger partial charge is 0.327 e. The monoisotopic (exact) mass is 205 g/mol. The fourth-order valence-electron chi connectivity index (χ4n) is 1.22. The zero-order valence-corrected chi connectivity index (χ0v) is 9.36. The quantitative estimate of drug-likeness (QED) is 0.553. The molecule has 0 heterocycles. The van der Waals surface area contributed by atoms with E-state index >= 15 is 0 Å². The number of nitrogens with two attached hydrogens (primary N) is 1. The number of carbonyl (C=O) groups is 1. The van der Waals surface area contributed by atoms with Crippen molar-refractivity contribution in [2.75, 3.05) is 0 Å². The van der Waals surface area contributed by atoms with Crippen LogP contribution >= 0.6 is 0 Å². The van der Waals surface area contributed by atoms with Gasteiger partial charge in [0.25, 0.3) is 0 Å². The molecular formula is C11H16BNO2. The minimum atomic E-state index is -0.687. The van der Waals surface area contributed by atoms with Gasteiger partial charge in [-0.15, -0.1) is 0 Å². The second kappa shape index (κ2) is 4.98. The molecule has 0 fully saturated rings. The molecule has 0 spiro atoms. The second-order valence-corrected chi connectivity index (χ2v) is 3.87. The first kappa shape index (κ1) is 11.8. The van der Waals surface area contributed by atoms with E-state index in [1.807, 2.05) is 32.1 Å². The Morgan fingerprint density at radius 2 is 1.87 bits per heavy atom. The van der Waals surface area contributed by atoms with Crippen molar-refractivity contribution in [3.63, 3.8) is 0 Å². The standard InChI is InChI=1S/C11H16BNO2/c1-7(2)15-11(14)10(13)8-3-5-9(12)6-4-8/h3-7,10H,12-13H2,1-2H3. The van der Waals surface area contributed by atoms with Crippen LogP contribution in [-0.2, 0) is 9.53 Å². The van der Waals surface area contributed by atoms with Crippen LogP contribution in [0.4, 0.5) is 0 Å². The van der Waals surface area contributed by atoms with Crippen LogP contribution in [0.5, 0.6) is 0 Å². The van der Waals surface area contributed by atoms with Crippen molar-refractivity contribution in [2.45, 2.75) is 26.0 Å². The van der Waals surface area contributed by atoms with E-state index in [1.165, 1.54) is 0 Å². The summed E-state index contributed by atoms with van der Waals surface area (Å²) in [4.78, 5) is 11.5. The highest BCUT2D eigenvalue weighted by Crippen LogP contribution is 2.11. The van der Waals surface area contributed by atoms with Gasteiger partial charge >= 0.3 is 5.97 Å². The van der Waals surface area contributed by atoms with E-state index in [0.29, 0.717) is 0 Å². The van der Waals surface area contributed by atoms with Gasteiger partial charge in [0, 0.05) is 0 Å². The maximum atomic E-state index is 11.5. The SMILES string of the molecule is Bc1ccc(C(N)C(=O)OC(C)C)cc1. The third-order valence-corrected chi connectivity index (χ3v) is 2.04. The Balaban J connectivity index is 2.71. The summed E-state index contributed by atoms with van der Waals surface area (Å²) in [6.45, 7) is 3.61. The first-order valence-corrected chi connectivity index (χ1v) is 5.03. The van der Waals surface area contributed by atoms with Crippen LogP contribution in [-0.4, -0.2) is 19.9 Å². The highest BCUT2D eigenvalue weighted by molar-refractivity contribution is 6.32. The minimum Gasteiger partial charge on any atom is -0.462 e. The number of esters is 1. The number of benzene rings is 1. The average molecular weight is 205 g/mol. The number of hydrogen-bond donors (Lipinski definition) is 1. The zero-order valence-electron chi connectivity index (χ0n) is 9.36. The summed E-state index contributed by atoms with van der Waals surface area (Å²) in [5.74, 6) is -0.381. The molecule has 0 aromatic heterocycles. The first-order valence-electron chi connectivity index (χ1n) is 5.03. The lowest BCUT2D eigenvalue weighted by Crippen LogP contribution is -2.26. The third kappa shape index (κ3) is 3.40. The van der Waals surface area contributed by atoms with Crippen molar-refractivity contribution in [2.24, 2.45) is 5.73 Å². The van der Waals surface area contributed by atoms with Crippen LogP contribution in [0.1, 0.15) is 25.5 Å². The van der Waals surface area contributed by atoms with E-state index in [0.717, 1.165) is 11.0 Å². The maximum absolute atomic E-state index is 11.5. The molecule has 0 saturated carbocycles. The van der Waals surface area contributed by atoms with Crippen molar-refractivity contribution in [3.05, 3.63) is 29.8 Å². The highest BCUT2D eigenvalue weighted by Gasteiger charge is 2.17. The van der Waals surface area contributed by atoms with E-state index in [4.69, 9.17) is 10.5 Å². The average Bonchev–Trinajstić information content (AvgIpc) is 2.17. The van der Waals surface area contributed by atoms with Crippen molar-refractivity contribution in [1.29, 1.82) is 0 Å². The second-order valence-electron chi connectivity index (χ2n) is 3.87. The Labute approximate surface area is 91.0 Å². The molecule has 1 rings (SSSR count). The summed E-state index contributed by atoms with van der Waals surface area (Å²) >= 11 is 0. The van der Waals surface area contributed by atoms with E-state index in [2.05, 4.69) is 0 Å². The van der Waals surface area contributed by atoms with E-state index in [9.17, 15) is 4.79 Å². The van der Waals surface area contributed by atoms with Gasteiger partial charge in [0.1, 0.15) is 13.9 Å². The molecule has 4 heteroatoms. The molecule has 2 N–H and O–H groups in total. The summed E-state index contributed by atoms with van der Waals surface area (Å²) in [5, 5.41) is 0. The molecule has 0 aliphatic rings. The largest absolute Gasteiger partial charge is 0.462 e. The summed E-state index contributed by atoms with van der Waals surface area (Å²) in [6, 6.07) is 6.87. The third-order valence-electron chi connectivity index (χ3n) is 2.04. The van der Waals surface area contributed by atoms with E-state index in [1.54, 1.807) is 13.8 Å². The van der Waals surface area contributed by atoms with Crippen molar-refractivity contribution in [3.8, 4) is 0 Å². The lowest BCUT2D eigenvalue weighted by molar-refractivity contribution is -0.149. The van der Waals surface area contributed by atoms with Gasteiger partial charge in [-0.05, 0) is 19.4 Å². The number of hydrogen-bond acceptors (Lipinski definition) is 3. The van der Waals surface area contributed by atoms with Crippen LogP contribution < -0.4 is 11.2 Å². The molecule has 1 unspecified atom stereocenters. The molecule has 0 saturated heterocycles. The van der Waals surface area contributed by atoms with E-state index in [-0.39, 0.29) is 12.1 Å². The molecule has 0 aliphatic heterocycles. The van der Waals surface area contributed by atoms with Crippen molar-refractivity contribution in [1.82, 2.24) is 0 Å². The van der Waals surface area contributed by atoms with Crippen molar-refractivity contribution < 1.29 is 9.53 Å². The Morgan fingerprint density at radius 1 is 1.33 bits per heavy atom. The molecule has 3 nitrogen and oxygen atoms in total. The number of carbonyl (C=O) groups excluding carboxylic acids is 1. The topological polar surface area (TPSA) is 52.3 Å². The lowest BCUT2D eigenvalue weighted by atomic mass is 9.94. The normalized spacial score (nSPS) is 12.5. The lowest BCUT2D eigenvalue weighted by Gasteiger charge is -2.14. The Kier molecular flexibility index (Phi) is 3.92. The van der Waals surface area contributed by atoms with Crippen LogP contribution in [0.2, 0.25) is 0 Å². The van der Waals surface area contributed by atoms with Gasteiger partial charge in [0.05, 0.1) is 6.10 Å².